The first kappa shape index (κ1) is 22.4. The summed E-state index contributed by atoms with van der Waals surface area (Å²) in [7, 11) is 0. The average molecular weight is 421 g/mol. The van der Waals surface area contributed by atoms with Gasteiger partial charge in [0.1, 0.15) is 5.69 Å². The molecule has 0 unspecified atom stereocenters. The number of unbranched alkanes of at least 4 members (excludes halogenated alkanes) is 1. The number of para-hydroxylation sites is 2. The van der Waals surface area contributed by atoms with Crippen LogP contribution in [0.1, 0.15) is 54.7 Å². The molecule has 0 radical (unpaired) electrons. The number of hydrogen-bond acceptors (Lipinski definition) is 5. The normalized spacial score (nSPS) is 12.0. The number of aryl methyl sites for hydroxylation is 3. The first-order valence-electron chi connectivity index (χ1n) is 10.7. The van der Waals surface area contributed by atoms with Crippen molar-refractivity contribution in [3.63, 3.8) is 0 Å². The summed E-state index contributed by atoms with van der Waals surface area (Å²) in [5, 5.41) is 0. The van der Waals surface area contributed by atoms with Gasteiger partial charge >= 0.3 is 5.97 Å². The van der Waals surface area contributed by atoms with Gasteiger partial charge in [-0.2, -0.15) is 0 Å². The maximum atomic E-state index is 12.9. The standard InChI is InChI=1S/C25H28N2O4/c1-4-5-16-27-22-9-7-6-8-20(22)26-21(25(27)30)14-15-23(28)31-18(3)24(29)19-12-10-17(2)11-13-19/h6-13,18H,4-5,14-16H2,1-3H3/t18-/m1/s1. The summed E-state index contributed by atoms with van der Waals surface area (Å²) in [5.74, 6) is -0.776. The molecule has 0 bridgehead atoms. The van der Waals surface area contributed by atoms with Crippen LogP contribution in [-0.4, -0.2) is 27.4 Å². The fourth-order valence-electron chi connectivity index (χ4n) is 3.43. The first-order valence-corrected chi connectivity index (χ1v) is 10.7. The van der Waals surface area contributed by atoms with Gasteiger partial charge in [0.2, 0.25) is 5.78 Å². The molecule has 0 N–H and O–H groups in total. The van der Waals surface area contributed by atoms with Crippen molar-refractivity contribution in [1.82, 2.24) is 9.55 Å². The van der Waals surface area contributed by atoms with E-state index >= 15 is 0 Å². The number of hydrogen-bond donors (Lipinski definition) is 0. The maximum absolute atomic E-state index is 12.9. The number of nitrogens with zero attached hydrogens (tertiary/aromatic N) is 2. The minimum atomic E-state index is -0.888. The molecular formula is C25H28N2O4. The third-order valence-electron chi connectivity index (χ3n) is 5.23. The molecule has 6 nitrogen and oxygen atoms in total. The van der Waals surface area contributed by atoms with Gasteiger partial charge in [-0.3, -0.25) is 14.4 Å². The molecule has 3 rings (SSSR count). The minimum Gasteiger partial charge on any atom is -0.454 e. The Morgan fingerprint density at radius 1 is 1.10 bits per heavy atom. The Morgan fingerprint density at radius 3 is 2.52 bits per heavy atom. The van der Waals surface area contributed by atoms with Crippen molar-refractivity contribution < 1.29 is 14.3 Å². The van der Waals surface area contributed by atoms with Crippen LogP contribution in [0.3, 0.4) is 0 Å². The number of Topliss-reactive ketones (excluding diaryl/α,β-unsaturated/α-hetero) is 1. The molecule has 0 fully saturated rings. The van der Waals surface area contributed by atoms with Gasteiger partial charge < -0.3 is 9.30 Å². The van der Waals surface area contributed by atoms with Crippen LogP contribution in [0.2, 0.25) is 0 Å². The van der Waals surface area contributed by atoms with Crippen molar-refractivity contribution in [1.29, 1.82) is 0 Å². The summed E-state index contributed by atoms with van der Waals surface area (Å²) in [6, 6.07) is 14.6. The van der Waals surface area contributed by atoms with E-state index in [0.717, 1.165) is 29.4 Å². The molecule has 0 aliphatic carbocycles. The number of carbonyl (C=O) groups excluding carboxylic acids is 2. The number of esters is 1. The second-order valence-electron chi connectivity index (χ2n) is 7.72. The van der Waals surface area contributed by atoms with Crippen molar-refractivity contribution in [2.45, 2.75) is 59.1 Å². The van der Waals surface area contributed by atoms with Crippen LogP contribution in [0.25, 0.3) is 11.0 Å². The molecule has 0 spiro atoms. The van der Waals surface area contributed by atoms with E-state index in [0.29, 0.717) is 17.8 Å². The fourth-order valence-corrected chi connectivity index (χ4v) is 3.43. The number of ether oxygens (including phenoxy) is 1. The summed E-state index contributed by atoms with van der Waals surface area (Å²) in [6.07, 6.45) is 1.12. The van der Waals surface area contributed by atoms with E-state index in [9.17, 15) is 14.4 Å². The Bertz CT molecular complexity index is 1130. The van der Waals surface area contributed by atoms with E-state index in [1.165, 1.54) is 0 Å². The molecule has 0 saturated heterocycles. The fraction of sp³-hybridized carbons (Fsp3) is 0.360. The zero-order valence-electron chi connectivity index (χ0n) is 18.3. The summed E-state index contributed by atoms with van der Waals surface area (Å²) in [4.78, 5) is 42.2. The van der Waals surface area contributed by atoms with Gasteiger partial charge in [-0.25, -0.2) is 4.98 Å². The Labute approximate surface area is 181 Å². The topological polar surface area (TPSA) is 78.3 Å². The van der Waals surface area contributed by atoms with E-state index in [2.05, 4.69) is 11.9 Å². The molecule has 2 aromatic carbocycles. The smallest absolute Gasteiger partial charge is 0.306 e. The van der Waals surface area contributed by atoms with Gasteiger partial charge in [0.25, 0.3) is 5.56 Å². The molecule has 0 saturated carbocycles. The minimum absolute atomic E-state index is 0.0140. The van der Waals surface area contributed by atoms with Gasteiger partial charge in [-0.05, 0) is 32.4 Å². The van der Waals surface area contributed by atoms with Crippen LogP contribution in [0.4, 0.5) is 0 Å². The van der Waals surface area contributed by atoms with Gasteiger partial charge in [0.05, 0.1) is 17.5 Å². The summed E-state index contributed by atoms with van der Waals surface area (Å²) in [5.41, 5.74) is 3.23. The predicted octanol–water partition coefficient (Wildman–Crippen LogP) is 4.25. The lowest BCUT2D eigenvalue weighted by atomic mass is 10.1. The lowest BCUT2D eigenvalue weighted by molar-refractivity contribution is -0.146. The molecule has 162 valence electrons. The molecule has 1 heterocycles. The molecule has 0 amide bonds. The highest BCUT2D eigenvalue weighted by Crippen LogP contribution is 2.13. The number of rotatable bonds is 9. The highest BCUT2D eigenvalue weighted by Gasteiger charge is 2.20. The lowest BCUT2D eigenvalue weighted by Gasteiger charge is -2.13. The van der Waals surface area contributed by atoms with Crippen LogP contribution >= 0.6 is 0 Å². The number of benzene rings is 2. The third-order valence-corrected chi connectivity index (χ3v) is 5.23. The highest BCUT2D eigenvalue weighted by atomic mass is 16.5. The third kappa shape index (κ3) is 5.45. The summed E-state index contributed by atoms with van der Waals surface area (Å²) < 4.78 is 7.05. The Morgan fingerprint density at radius 2 is 1.81 bits per heavy atom. The number of aromatic nitrogens is 2. The maximum Gasteiger partial charge on any atom is 0.306 e. The van der Waals surface area contributed by atoms with E-state index in [-0.39, 0.29) is 24.2 Å². The quantitative estimate of drug-likeness (QED) is 0.382. The second kappa shape index (κ2) is 10.2. The van der Waals surface area contributed by atoms with Crippen LogP contribution in [0.15, 0.2) is 53.3 Å². The molecule has 6 heteroatoms. The SMILES string of the molecule is CCCCn1c(=O)c(CCC(=O)O[C@H](C)C(=O)c2ccc(C)cc2)nc2ccccc21. The van der Waals surface area contributed by atoms with E-state index < -0.39 is 12.1 Å². The van der Waals surface area contributed by atoms with Crippen LogP contribution in [-0.2, 0) is 22.5 Å². The molecular weight excluding hydrogens is 392 g/mol. The molecule has 1 atom stereocenters. The van der Waals surface area contributed by atoms with E-state index in [1.54, 1.807) is 23.6 Å². The Balaban J connectivity index is 1.69. The second-order valence-corrected chi connectivity index (χ2v) is 7.72. The molecule has 3 aromatic rings. The van der Waals surface area contributed by atoms with Crippen molar-refractivity contribution in [3.05, 3.63) is 75.7 Å². The van der Waals surface area contributed by atoms with Gasteiger partial charge in [0, 0.05) is 18.5 Å². The van der Waals surface area contributed by atoms with Gasteiger partial charge in [-0.15, -0.1) is 0 Å². The average Bonchev–Trinajstić information content (AvgIpc) is 2.77. The van der Waals surface area contributed by atoms with E-state index in [4.69, 9.17) is 4.74 Å². The van der Waals surface area contributed by atoms with Gasteiger partial charge in [0.15, 0.2) is 6.10 Å². The lowest BCUT2D eigenvalue weighted by Crippen LogP contribution is -2.28. The Kier molecular flexibility index (Phi) is 7.34. The molecule has 1 aromatic heterocycles. The largest absolute Gasteiger partial charge is 0.454 e. The zero-order chi connectivity index (χ0) is 22.4. The molecule has 0 aliphatic rings. The van der Waals surface area contributed by atoms with Crippen molar-refractivity contribution >= 4 is 22.8 Å². The van der Waals surface area contributed by atoms with Gasteiger partial charge in [-0.1, -0.05) is 55.3 Å². The van der Waals surface area contributed by atoms with Crippen molar-refractivity contribution in [2.75, 3.05) is 0 Å². The summed E-state index contributed by atoms with van der Waals surface area (Å²) >= 11 is 0. The zero-order valence-corrected chi connectivity index (χ0v) is 18.3. The Hall–Kier alpha value is -3.28. The van der Waals surface area contributed by atoms with E-state index in [1.807, 2.05) is 43.3 Å². The number of carbonyl (C=O) groups is 2. The van der Waals surface area contributed by atoms with Crippen molar-refractivity contribution in [3.8, 4) is 0 Å². The van der Waals surface area contributed by atoms with Crippen LogP contribution in [0, 0.1) is 6.92 Å². The number of fused-ring (bicyclic) bond motifs is 1. The monoisotopic (exact) mass is 420 g/mol. The highest BCUT2D eigenvalue weighted by molar-refractivity contribution is 6.00. The molecule has 0 aliphatic heterocycles. The number of ketones is 1. The summed E-state index contributed by atoms with van der Waals surface area (Å²) in [6.45, 7) is 6.18. The van der Waals surface area contributed by atoms with Crippen molar-refractivity contribution in [2.24, 2.45) is 0 Å². The molecule has 31 heavy (non-hydrogen) atoms. The van der Waals surface area contributed by atoms with Crippen LogP contribution < -0.4 is 5.56 Å². The van der Waals surface area contributed by atoms with Crippen LogP contribution in [0.5, 0.6) is 0 Å². The predicted molar refractivity (Wildman–Crippen MR) is 120 cm³/mol. The first-order chi connectivity index (χ1) is 14.9.